The fourth-order valence-corrected chi connectivity index (χ4v) is 8.21. The summed E-state index contributed by atoms with van der Waals surface area (Å²) >= 11 is 0. The Balaban J connectivity index is 1.67. The van der Waals surface area contributed by atoms with Crippen molar-refractivity contribution in [2.24, 2.45) is 0 Å². The van der Waals surface area contributed by atoms with E-state index in [1.54, 1.807) is 0 Å². The number of rotatable bonds is 7. The molecule has 0 saturated carbocycles. The average molecular weight is 550 g/mol. The van der Waals surface area contributed by atoms with E-state index in [-0.39, 0.29) is 11.1 Å². The molecule has 0 spiro atoms. The zero-order valence-electron chi connectivity index (χ0n) is 25.1. The molecule has 0 aliphatic rings. The highest BCUT2D eigenvalue weighted by Crippen LogP contribution is 2.51. The molecule has 0 bridgehead atoms. The van der Waals surface area contributed by atoms with Crippen LogP contribution >= 0.6 is 0 Å². The first-order valence-electron chi connectivity index (χ1n) is 15.6. The van der Waals surface area contributed by atoms with Gasteiger partial charge in [-0.1, -0.05) is 68.7 Å². The highest BCUT2D eigenvalue weighted by Gasteiger charge is 2.29. The SMILES string of the molecule is CCCCc1cc2c3c(=O)n(-c4c(C)cc(C)cc4C)c(=O)c3c3cc(CCCC)c4ccc5ccc1c1c5c4c3c21. The van der Waals surface area contributed by atoms with Crippen LogP contribution < -0.4 is 11.1 Å². The van der Waals surface area contributed by atoms with E-state index in [9.17, 15) is 9.59 Å². The van der Waals surface area contributed by atoms with Gasteiger partial charge >= 0.3 is 0 Å². The number of nitrogens with zero attached hydrogens (tertiary/aromatic N) is 1. The van der Waals surface area contributed by atoms with Gasteiger partial charge in [0.15, 0.2) is 0 Å². The summed E-state index contributed by atoms with van der Waals surface area (Å²) in [6.45, 7) is 10.5. The molecule has 0 unspecified atom stereocenters. The van der Waals surface area contributed by atoms with Crippen molar-refractivity contribution in [3.8, 4) is 5.69 Å². The summed E-state index contributed by atoms with van der Waals surface area (Å²) in [5.74, 6) is 0. The van der Waals surface area contributed by atoms with Crippen LogP contribution in [0.4, 0.5) is 0 Å². The molecule has 3 heteroatoms. The fourth-order valence-electron chi connectivity index (χ4n) is 8.21. The van der Waals surface area contributed by atoms with Gasteiger partial charge < -0.3 is 0 Å². The quantitative estimate of drug-likeness (QED) is 0.186. The Hall–Kier alpha value is -4.24. The van der Waals surface area contributed by atoms with Crippen LogP contribution in [0.15, 0.2) is 58.1 Å². The maximum absolute atomic E-state index is 14.6. The number of aryl methyl sites for hydroxylation is 5. The van der Waals surface area contributed by atoms with E-state index in [2.05, 4.69) is 69.3 Å². The molecule has 0 N–H and O–H groups in total. The van der Waals surface area contributed by atoms with Gasteiger partial charge in [0.25, 0.3) is 11.1 Å². The van der Waals surface area contributed by atoms with Crippen LogP contribution in [-0.2, 0) is 12.8 Å². The minimum atomic E-state index is -0.189. The first-order chi connectivity index (χ1) is 20.3. The maximum Gasteiger partial charge on any atom is 0.266 e. The molecule has 0 aliphatic heterocycles. The third kappa shape index (κ3) is 3.12. The molecule has 0 atom stereocenters. The summed E-state index contributed by atoms with van der Waals surface area (Å²) in [6.07, 6.45) is 6.29. The normalized spacial score (nSPS) is 12.7. The molecule has 208 valence electrons. The molecule has 8 aromatic rings. The molecular formula is C39H35NO2. The summed E-state index contributed by atoms with van der Waals surface area (Å²) < 4.78 is 1.48. The smallest absolute Gasteiger partial charge is 0.266 e. The van der Waals surface area contributed by atoms with Gasteiger partial charge in [-0.3, -0.25) is 9.59 Å². The number of fused-ring (bicyclic) bond motifs is 3. The summed E-state index contributed by atoms with van der Waals surface area (Å²) in [5.41, 5.74) is 5.95. The topological polar surface area (TPSA) is 39.1 Å². The fraction of sp³-hybridized carbons (Fsp3) is 0.282. The Morgan fingerprint density at radius 2 is 1.00 bits per heavy atom. The average Bonchev–Trinajstić information content (AvgIpc) is 3.46. The predicted octanol–water partition coefficient (Wildman–Crippen LogP) is 9.48. The Labute approximate surface area is 244 Å². The minimum absolute atomic E-state index is 0.189. The van der Waals surface area contributed by atoms with Crippen LogP contribution in [0.5, 0.6) is 0 Å². The molecule has 1 aromatic heterocycles. The largest absolute Gasteiger partial charge is 0.268 e. The van der Waals surface area contributed by atoms with Gasteiger partial charge in [-0.25, -0.2) is 4.57 Å². The molecule has 0 amide bonds. The summed E-state index contributed by atoms with van der Waals surface area (Å²) in [6, 6.07) is 17.8. The lowest BCUT2D eigenvalue weighted by Crippen LogP contribution is -2.25. The predicted molar refractivity (Wildman–Crippen MR) is 180 cm³/mol. The Morgan fingerprint density at radius 1 is 0.548 bits per heavy atom. The lowest BCUT2D eigenvalue weighted by molar-refractivity contribution is 0.799. The molecule has 0 saturated heterocycles. The standard InChI is InChI=1S/C39H35NO2/c1-6-8-10-24-18-28-33-31-26(24)14-12-23-13-15-27-25(11-9-7-2)19-29(34(33)32(27)30(23)31)36-35(28)38(41)40(39(36)42)37-21(4)16-20(3)17-22(37)5/h12-19H,6-11H2,1-5H3. The van der Waals surface area contributed by atoms with E-state index in [1.807, 2.05) is 13.8 Å². The van der Waals surface area contributed by atoms with Gasteiger partial charge in [-0.15, -0.1) is 0 Å². The number of hydrogen-bond acceptors (Lipinski definition) is 2. The Bertz CT molecular complexity index is 2280. The van der Waals surface area contributed by atoms with Crippen molar-refractivity contribution in [1.29, 1.82) is 0 Å². The summed E-state index contributed by atoms with van der Waals surface area (Å²) in [5, 5.41) is 13.1. The first kappa shape index (κ1) is 25.5. The van der Waals surface area contributed by atoms with Gasteiger partial charge in [0, 0.05) is 0 Å². The highest BCUT2D eigenvalue weighted by atomic mass is 16.2. The van der Waals surface area contributed by atoms with Crippen molar-refractivity contribution in [2.45, 2.75) is 73.1 Å². The van der Waals surface area contributed by atoms with Crippen molar-refractivity contribution in [1.82, 2.24) is 4.57 Å². The monoisotopic (exact) mass is 549 g/mol. The molecular weight excluding hydrogens is 514 g/mol. The minimum Gasteiger partial charge on any atom is -0.268 e. The van der Waals surface area contributed by atoms with Crippen molar-refractivity contribution in [3.05, 3.63) is 97.1 Å². The zero-order valence-corrected chi connectivity index (χ0v) is 25.1. The van der Waals surface area contributed by atoms with Crippen LogP contribution in [0, 0.1) is 20.8 Å². The number of benzene rings is 6. The van der Waals surface area contributed by atoms with E-state index in [4.69, 9.17) is 0 Å². The summed E-state index contributed by atoms with van der Waals surface area (Å²) in [7, 11) is 0. The molecule has 0 radical (unpaired) electrons. The Kier molecular flexibility index (Phi) is 5.38. The second-order valence-electron chi connectivity index (χ2n) is 12.6. The maximum atomic E-state index is 14.6. The van der Waals surface area contributed by atoms with E-state index in [0.29, 0.717) is 10.8 Å². The second kappa shape index (κ2) is 8.88. The second-order valence-corrected chi connectivity index (χ2v) is 12.6. The third-order valence-corrected chi connectivity index (χ3v) is 9.89. The van der Waals surface area contributed by atoms with Gasteiger partial charge in [-0.05, 0) is 135 Å². The Morgan fingerprint density at radius 3 is 1.45 bits per heavy atom. The molecule has 7 aromatic carbocycles. The molecule has 0 aliphatic carbocycles. The molecule has 42 heavy (non-hydrogen) atoms. The lowest BCUT2D eigenvalue weighted by Gasteiger charge is -2.12. The van der Waals surface area contributed by atoms with E-state index in [0.717, 1.165) is 82.4 Å². The number of unbranched alkanes of at least 4 members (excludes halogenated alkanes) is 2. The number of hydrogen-bond donors (Lipinski definition) is 0. The molecule has 3 nitrogen and oxygen atoms in total. The first-order valence-corrected chi connectivity index (χ1v) is 15.6. The van der Waals surface area contributed by atoms with Crippen LogP contribution in [-0.4, -0.2) is 4.57 Å². The van der Waals surface area contributed by atoms with E-state index >= 15 is 0 Å². The molecule has 8 rings (SSSR count). The van der Waals surface area contributed by atoms with Crippen LogP contribution in [0.1, 0.15) is 67.3 Å². The van der Waals surface area contributed by atoms with Crippen LogP contribution in [0.25, 0.3) is 70.3 Å². The van der Waals surface area contributed by atoms with E-state index in [1.165, 1.54) is 48.0 Å². The zero-order chi connectivity index (χ0) is 29.0. The van der Waals surface area contributed by atoms with Gasteiger partial charge in [0.2, 0.25) is 0 Å². The van der Waals surface area contributed by atoms with Gasteiger partial charge in [0.1, 0.15) is 0 Å². The summed E-state index contributed by atoms with van der Waals surface area (Å²) in [4.78, 5) is 29.3. The van der Waals surface area contributed by atoms with Crippen LogP contribution in [0.3, 0.4) is 0 Å². The third-order valence-electron chi connectivity index (χ3n) is 9.89. The highest BCUT2D eigenvalue weighted by molar-refractivity contribution is 6.48. The van der Waals surface area contributed by atoms with Crippen LogP contribution in [0.2, 0.25) is 0 Å². The van der Waals surface area contributed by atoms with Crippen molar-refractivity contribution < 1.29 is 0 Å². The van der Waals surface area contributed by atoms with Crippen molar-refractivity contribution in [2.75, 3.05) is 0 Å². The molecule has 0 fully saturated rings. The van der Waals surface area contributed by atoms with Gasteiger partial charge in [0.05, 0.1) is 16.5 Å². The lowest BCUT2D eigenvalue weighted by atomic mass is 9.90. The number of aromatic nitrogens is 1. The van der Waals surface area contributed by atoms with Gasteiger partial charge in [-0.2, -0.15) is 0 Å². The molecule has 1 heterocycles. The van der Waals surface area contributed by atoms with E-state index < -0.39 is 0 Å². The van der Waals surface area contributed by atoms with Crippen molar-refractivity contribution >= 4 is 64.6 Å². The van der Waals surface area contributed by atoms with Crippen molar-refractivity contribution in [3.63, 3.8) is 0 Å².